The number of amides is 1. The summed E-state index contributed by atoms with van der Waals surface area (Å²) in [6.07, 6.45) is 2.82. The molecule has 1 amide bonds. The van der Waals surface area contributed by atoms with Crippen LogP contribution in [0.2, 0.25) is 0 Å². The molecule has 2 N–H and O–H groups in total. The fourth-order valence-corrected chi connectivity index (χ4v) is 2.34. The number of carbonyl (C=O) groups excluding carboxylic acids is 1. The normalized spacial score (nSPS) is 22.8. The molecule has 1 saturated heterocycles. The summed E-state index contributed by atoms with van der Waals surface area (Å²) >= 11 is 0. The van der Waals surface area contributed by atoms with E-state index in [4.69, 9.17) is 10.5 Å². The van der Waals surface area contributed by atoms with Crippen LogP contribution in [0.25, 0.3) is 0 Å². The average Bonchev–Trinajstić information content (AvgIpc) is 2.73. The van der Waals surface area contributed by atoms with Gasteiger partial charge < -0.3 is 15.4 Å². The van der Waals surface area contributed by atoms with Gasteiger partial charge in [0.25, 0.3) is 0 Å². The number of hydrogen-bond acceptors (Lipinski definition) is 3. The van der Waals surface area contributed by atoms with Crippen molar-refractivity contribution in [3.05, 3.63) is 0 Å². The van der Waals surface area contributed by atoms with Gasteiger partial charge in [-0.15, -0.1) is 0 Å². The third kappa shape index (κ3) is 3.19. The molecule has 4 heteroatoms. The van der Waals surface area contributed by atoms with Crippen molar-refractivity contribution >= 4 is 5.91 Å². The fraction of sp³-hybridized carbons (Fsp3) is 0.917. The highest BCUT2D eigenvalue weighted by atomic mass is 16.5. The van der Waals surface area contributed by atoms with E-state index in [9.17, 15) is 4.79 Å². The van der Waals surface area contributed by atoms with Gasteiger partial charge in [0.2, 0.25) is 5.91 Å². The monoisotopic (exact) mass is 228 g/mol. The maximum atomic E-state index is 12.1. The Hall–Kier alpha value is -0.610. The Morgan fingerprint density at radius 3 is 2.81 bits per heavy atom. The van der Waals surface area contributed by atoms with Crippen LogP contribution >= 0.6 is 0 Å². The van der Waals surface area contributed by atoms with E-state index in [0.29, 0.717) is 25.0 Å². The van der Waals surface area contributed by atoms with E-state index in [1.807, 2.05) is 4.90 Å². The molecule has 0 spiro atoms. The van der Waals surface area contributed by atoms with Gasteiger partial charge in [0.1, 0.15) is 0 Å². The smallest absolute Gasteiger partial charge is 0.239 e. The zero-order chi connectivity index (χ0) is 12.1. The maximum absolute atomic E-state index is 12.1. The molecule has 1 aliphatic heterocycles. The molecular weight excluding hydrogens is 204 g/mol. The molecule has 0 aliphatic carbocycles. The second-order valence-corrected chi connectivity index (χ2v) is 4.87. The summed E-state index contributed by atoms with van der Waals surface area (Å²) in [6.45, 7) is 5.74. The summed E-state index contributed by atoms with van der Waals surface area (Å²) in [4.78, 5) is 14.1. The molecule has 0 saturated carbocycles. The van der Waals surface area contributed by atoms with E-state index in [1.165, 1.54) is 0 Å². The topological polar surface area (TPSA) is 55.6 Å². The number of hydrogen-bond donors (Lipinski definition) is 1. The van der Waals surface area contributed by atoms with Gasteiger partial charge in [-0.1, -0.05) is 13.8 Å². The minimum atomic E-state index is -0.403. The van der Waals surface area contributed by atoms with Gasteiger partial charge in [-0.05, 0) is 25.2 Å². The molecular formula is C12H24N2O2. The van der Waals surface area contributed by atoms with E-state index in [-0.39, 0.29) is 5.91 Å². The van der Waals surface area contributed by atoms with Gasteiger partial charge in [-0.25, -0.2) is 0 Å². The molecule has 0 aromatic rings. The van der Waals surface area contributed by atoms with Crippen molar-refractivity contribution in [2.75, 3.05) is 20.3 Å². The Balaban J connectivity index is 2.51. The molecule has 2 atom stereocenters. The lowest BCUT2D eigenvalue weighted by molar-refractivity contribution is -0.134. The van der Waals surface area contributed by atoms with Crippen molar-refractivity contribution in [2.24, 2.45) is 11.7 Å². The first kappa shape index (κ1) is 13.5. The summed E-state index contributed by atoms with van der Waals surface area (Å²) in [5.74, 6) is 0.606. The highest BCUT2D eigenvalue weighted by Crippen LogP contribution is 2.24. The highest BCUT2D eigenvalue weighted by Gasteiger charge is 2.32. The van der Waals surface area contributed by atoms with Crippen LogP contribution in [-0.4, -0.2) is 43.2 Å². The maximum Gasteiger partial charge on any atom is 0.239 e. The lowest BCUT2D eigenvalue weighted by Gasteiger charge is -2.29. The quantitative estimate of drug-likeness (QED) is 0.763. The van der Waals surface area contributed by atoms with Gasteiger partial charge in [0.15, 0.2) is 0 Å². The SMILES string of the molecule is COCCC(N)C(=O)N1CCCC1C(C)C. The van der Waals surface area contributed by atoms with Crippen molar-refractivity contribution in [1.82, 2.24) is 4.90 Å². The third-order valence-electron chi connectivity index (χ3n) is 3.30. The number of nitrogens with two attached hydrogens (primary N) is 1. The standard InChI is InChI=1S/C12H24N2O2/c1-9(2)11-5-4-7-14(11)12(15)10(13)6-8-16-3/h9-11H,4-8,13H2,1-3H3. The predicted molar refractivity (Wildman–Crippen MR) is 64.0 cm³/mol. The Bertz CT molecular complexity index is 231. The fourth-order valence-electron chi connectivity index (χ4n) is 2.34. The zero-order valence-corrected chi connectivity index (χ0v) is 10.6. The Morgan fingerprint density at radius 1 is 1.56 bits per heavy atom. The molecule has 0 aromatic heterocycles. The molecule has 94 valence electrons. The first-order chi connectivity index (χ1) is 7.57. The van der Waals surface area contributed by atoms with Gasteiger partial charge in [-0.3, -0.25) is 4.79 Å². The van der Waals surface area contributed by atoms with E-state index in [2.05, 4.69) is 13.8 Å². The van der Waals surface area contributed by atoms with Crippen LogP contribution in [0.3, 0.4) is 0 Å². The Kier molecular flexibility index (Phi) is 5.22. The van der Waals surface area contributed by atoms with E-state index in [0.717, 1.165) is 19.4 Å². The van der Waals surface area contributed by atoms with Crippen LogP contribution in [0, 0.1) is 5.92 Å². The van der Waals surface area contributed by atoms with Gasteiger partial charge >= 0.3 is 0 Å². The van der Waals surface area contributed by atoms with Gasteiger partial charge in [0, 0.05) is 26.3 Å². The largest absolute Gasteiger partial charge is 0.385 e. The molecule has 1 fully saturated rings. The Morgan fingerprint density at radius 2 is 2.25 bits per heavy atom. The second kappa shape index (κ2) is 6.21. The molecule has 1 aliphatic rings. The van der Waals surface area contributed by atoms with Crippen LogP contribution in [-0.2, 0) is 9.53 Å². The van der Waals surface area contributed by atoms with Gasteiger partial charge in [0.05, 0.1) is 6.04 Å². The average molecular weight is 228 g/mol. The molecule has 0 bridgehead atoms. The van der Waals surface area contributed by atoms with E-state index < -0.39 is 6.04 Å². The lowest BCUT2D eigenvalue weighted by atomic mass is 10.0. The minimum Gasteiger partial charge on any atom is -0.385 e. The third-order valence-corrected chi connectivity index (χ3v) is 3.30. The second-order valence-electron chi connectivity index (χ2n) is 4.87. The summed E-state index contributed by atoms with van der Waals surface area (Å²) in [6, 6.07) is -0.0274. The molecule has 16 heavy (non-hydrogen) atoms. The summed E-state index contributed by atoms with van der Waals surface area (Å²) < 4.78 is 4.95. The molecule has 2 unspecified atom stereocenters. The summed E-state index contributed by atoms with van der Waals surface area (Å²) in [7, 11) is 1.63. The molecule has 1 heterocycles. The molecule has 4 nitrogen and oxygen atoms in total. The molecule has 0 radical (unpaired) electrons. The molecule has 1 rings (SSSR count). The number of methoxy groups -OCH3 is 1. The summed E-state index contributed by atoms with van der Waals surface area (Å²) in [5, 5.41) is 0. The lowest BCUT2D eigenvalue weighted by Crippen LogP contribution is -2.47. The van der Waals surface area contributed by atoms with Crippen LogP contribution in [0.4, 0.5) is 0 Å². The van der Waals surface area contributed by atoms with Crippen molar-refractivity contribution in [1.29, 1.82) is 0 Å². The van der Waals surface area contributed by atoms with Crippen LogP contribution in [0.1, 0.15) is 33.1 Å². The predicted octanol–water partition coefficient (Wildman–Crippen LogP) is 0.997. The van der Waals surface area contributed by atoms with Crippen molar-refractivity contribution < 1.29 is 9.53 Å². The van der Waals surface area contributed by atoms with Crippen LogP contribution < -0.4 is 5.73 Å². The number of nitrogens with zero attached hydrogens (tertiary/aromatic N) is 1. The summed E-state index contributed by atoms with van der Waals surface area (Å²) in [5.41, 5.74) is 5.87. The van der Waals surface area contributed by atoms with Crippen LogP contribution in [0.15, 0.2) is 0 Å². The van der Waals surface area contributed by atoms with Crippen molar-refractivity contribution in [2.45, 2.75) is 45.2 Å². The molecule has 0 aromatic carbocycles. The van der Waals surface area contributed by atoms with Crippen LogP contribution in [0.5, 0.6) is 0 Å². The minimum absolute atomic E-state index is 0.0910. The van der Waals surface area contributed by atoms with Crippen molar-refractivity contribution in [3.8, 4) is 0 Å². The Labute approximate surface area is 98.1 Å². The zero-order valence-electron chi connectivity index (χ0n) is 10.6. The van der Waals surface area contributed by atoms with E-state index in [1.54, 1.807) is 7.11 Å². The first-order valence-corrected chi connectivity index (χ1v) is 6.13. The first-order valence-electron chi connectivity index (χ1n) is 6.13. The van der Waals surface area contributed by atoms with E-state index >= 15 is 0 Å². The number of likely N-dealkylation sites (tertiary alicyclic amines) is 1. The number of ether oxygens (including phenoxy) is 1. The van der Waals surface area contributed by atoms with Crippen molar-refractivity contribution in [3.63, 3.8) is 0 Å². The highest BCUT2D eigenvalue weighted by molar-refractivity contribution is 5.82. The van der Waals surface area contributed by atoms with Gasteiger partial charge in [-0.2, -0.15) is 0 Å². The number of rotatable bonds is 5. The number of carbonyl (C=O) groups is 1.